The Morgan fingerprint density at radius 2 is 1.91 bits per heavy atom. The second-order valence-corrected chi connectivity index (χ2v) is 13.3. The van der Waals surface area contributed by atoms with Crippen molar-refractivity contribution in [3.63, 3.8) is 0 Å². The minimum absolute atomic E-state index is 0.0843. The third-order valence-corrected chi connectivity index (χ3v) is 11.9. The van der Waals surface area contributed by atoms with Crippen molar-refractivity contribution in [2.45, 2.75) is 116 Å². The van der Waals surface area contributed by atoms with Crippen molar-refractivity contribution < 1.29 is 9.47 Å². The standard InChI is InChI=1S/C29H47NO2/c1-17-12-26-27(30-16-17)19(3)29(32-26)11-9-22-23-7-6-20-13-21(31-5)8-10-28(20,4)25(23)14-24(22)18(2)15-29/h17,19-23,25-27,30H,6-16H2,1-5H3/t17-,19+,20+,21+,22-,23?,25-,26+,27-,28-,29?/m0/s1. The monoisotopic (exact) mass is 441 g/mol. The Kier molecular flexibility index (Phi) is 5.40. The van der Waals surface area contributed by atoms with E-state index in [2.05, 4.69) is 33.0 Å². The fraction of sp³-hybridized carbons (Fsp3) is 0.931. The number of methoxy groups -OCH3 is 1. The van der Waals surface area contributed by atoms with Gasteiger partial charge in [-0.15, -0.1) is 0 Å². The van der Waals surface area contributed by atoms with Crippen molar-refractivity contribution in [3.8, 4) is 0 Å². The predicted molar refractivity (Wildman–Crippen MR) is 129 cm³/mol. The van der Waals surface area contributed by atoms with Gasteiger partial charge in [0.1, 0.15) is 0 Å². The van der Waals surface area contributed by atoms with Crippen LogP contribution in [-0.4, -0.2) is 37.5 Å². The Hall–Kier alpha value is -0.380. The zero-order chi connectivity index (χ0) is 22.3. The van der Waals surface area contributed by atoms with E-state index in [0.29, 0.717) is 29.6 Å². The summed E-state index contributed by atoms with van der Waals surface area (Å²) in [5, 5.41) is 3.88. The second-order valence-electron chi connectivity index (χ2n) is 13.3. The molecule has 0 aromatic carbocycles. The summed E-state index contributed by atoms with van der Waals surface area (Å²) in [7, 11) is 1.93. The van der Waals surface area contributed by atoms with E-state index >= 15 is 0 Å². The molecule has 4 aliphatic carbocycles. The maximum absolute atomic E-state index is 7.05. The van der Waals surface area contributed by atoms with Gasteiger partial charge < -0.3 is 14.8 Å². The molecule has 2 saturated heterocycles. The number of hydrogen-bond donors (Lipinski definition) is 1. The highest BCUT2D eigenvalue weighted by atomic mass is 16.5. The lowest BCUT2D eigenvalue weighted by Gasteiger charge is -2.54. The molecule has 3 nitrogen and oxygen atoms in total. The molecule has 0 radical (unpaired) electrons. The normalized spacial score (nSPS) is 55.2. The van der Waals surface area contributed by atoms with E-state index in [9.17, 15) is 0 Å². The first kappa shape index (κ1) is 22.1. The van der Waals surface area contributed by atoms with Crippen LogP contribution in [0, 0.1) is 40.9 Å². The van der Waals surface area contributed by atoms with Crippen molar-refractivity contribution in [1.29, 1.82) is 0 Å². The van der Waals surface area contributed by atoms with Crippen LogP contribution in [0.15, 0.2) is 11.1 Å². The number of rotatable bonds is 1. The Balaban J connectivity index is 1.26. The van der Waals surface area contributed by atoms with Crippen molar-refractivity contribution in [3.05, 3.63) is 11.1 Å². The SMILES string of the molecule is CO[C@@H]1CC[C@@]2(C)[C@H](CCC3[C@@H]4CCC5(CC(C)=C4C[C@@H]32)O[C@@H]2C[C@H](C)CN[C@H]2[C@H]5C)C1. The van der Waals surface area contributed by atoms with Crippen molar-refractivity contribution in [1.82, 2.24) is 5.32 Å². The fourth-order valence-corrected chi connectivity index (χ4v) is 10.00. The first-order valence-electron chi connectivity index (χ1n) is 14.0. The van der Waals surface area contributed by atoms with Crippen molar-refractivity contribution in [2.24, 2.45) is 40.9 Å². The summed E-state index contributed by atoms with van der Waals surface area (Å²) < 4.78 is 12.9. The molecule has 6 rings (SSSR count). The van der Waals surface area contributed by atoms with Gasteiger partial charge in [-0.2, -0.15) is 0 Å². The van der Waals surface area contributed by atoms with E-state index in [1.165, 1.54) is 70.8 Å². The molecule has 2 heterocycles. The van der Waals surface area contributed by atoms with Gasteiger partial charge in [0, 0.05) is 19.1 Å². The summed E-state index contributed by atoms with van der Waals surface area (Å²) in [6.07, 6.45) is 14.3. The van der Waals surface area contributed by atoms with Crippen LogP contribution in [0.3, 0.4) is 0 Å². The predicted octanol–water partition coefficient (Wildman–Crippen LogP) is 6.13. The van der Waals surface area contributed by atoms with Crippen LogP contribution in [0.2, 0.25) is 0 Å². The van der Waals surface area contributed by atoms with Crippen LogP contribution >= 0.6 is 0 Å². The average molecular weight is 442 g/mol. The minimum atomic E-state index is 0.0843. The number of allylic oxidation sites excluding steroid dienone is 1. The van der Waals surface area contributed by atoms with E-state index in [4.69, 9.17) is 9.47 Å². The average Bonchev–Trinajstić information content (AvgIpc) is 3.23. The van der Waals surface area contributed by atoms with Gasteiger partial charge in [-0.05, 0) is 113 Å². The van der Waals surface area contributed by atoms with Gasteiger partial charge in [-0.3, -0.25) is 0 Å². The molecule has 0 aromatic heterocycles. The second kappa shape index (κ2) is 7.82. The molecule has 11 atom stereocenters. The number of ether oxygens (including phenoxy) is 2. The molecule has 2 aliphatic heterocycles. The zero-order valence-corrected chi connectivity index (χ0v) is 21.3. The van der Waals surface area contributed by atoms with E-state index in [-0.39, 0.29) is 5.60 Å². The molecule has 0 aromatic rings. The highest BCUT2D eigenvalue weighted by Gasteiger charge is 2.59. The third kappa shape index (κ3) is 3.16. The largest absolute Gasteiger partial charge is 0.381 e. The summed E-state index contributed by atoms with van der Waals surface area (Å²) in [5.41, 5.74) is 4.22. The van der Waals surface area contributed by atoms with E-state index in [1.807, 2.05) is 12.7 Å². The molecule has 0 amide bonds. The molecule has 5 fully saturated rings. The number of piperidine rings is 1. The highest BCUT2D eigenvalue weighted by Crippen LogP contribution is 2.65. The van der Waals surface area contributed by atoms with Gasteiger partial charge in [0.05, 0.1) is 17.8 Å². The Morgan fingerprint density at radius 1 is 1.06 bits per heavy atom. The van der Waals surface area contributed by atoms with E-state index in [0.717, 1.165) is 29.6 Å². The van der Waals surface area contributed by atoms with Gasteiger partial charge in [-0.25, -0.2) is 0 Å². The Labute approximate surface area is 196 Å². The maximum Gasteiger partial charge on any atom is 0.0765 e. The molecule has 3 heteroatoms. The van der Waals surface area contributed by atoms with Crippen LogP contribution in [0.5, 0.6) is 0 Å². The van der Waals surface area contributed by atoms with Gasteiger partial charge in [0.25, 0.3) is 0 Å². The van der Waals surface area contributed by atoms with Crippen LogP contribution in [-0.2, 0) is 9.47 Å². The molecule has 1 spiro atoms. The molecule has 6 aliphatic rings. The third-order valence-electron chi connectivity index (χ3n) is 11.9. The number of nitrogens with one attached hydrogen (secondary N) is 1. The molecular formula is C29H47NO2. The number of hydrogen-bond acceptors (Lipinski definition) is 3. The van der Waals surface area contributed by atoms with Crippen LogP contribution in [0.25, 0.3) is 0 Å². The summed E-state index contributed by atoms with van der Waals surface area (Å²) >= 11 is 0. The molecule has 32 heavy (non-hydrogen) atoms. The molecule has 180 valence electrons. The van der Waals surface area contributed by atoms with Crippen LogP contribution in [0.1, 0.15) is 91.9 Å². The van der Waals surface area contributed by atoms with Crippen molar-refractivity contribution in [2.75, 3.05) is 13.7 Å². The summed E-state index contributed by atoms with van der Waals surface area (Å²) in [6.45, 7) is 11.2. The Bertz CT molecular complexity index is 777. The summed E-state index contributed by atoms with van der Waals surface area (Å²) in [4.78, 5) is 0. The van der Waals surface area contributed by atoms with Crippen LogP contribution < -0.4 is 5.32 Å². The topological polar surface area (TPSA) is 30.5 Å². The fourth-order valence-electron chi connectivity index (χ4n) is 10.00. The van der Waals surface area contributed by atoms with Crippen molar-refractivity contribution >= 4 is 0 Å². The smallest absolute Gasteiger partial charge is 0.0765 e. The summed E-state index contributed by atoms with van der Waals surface area (Å²) in [5.74, 6) is 4.92. The zero-order valence-electron chi connectivity index (χ0n) is 21.3. The van der Waals surface area contributed by atoms with Gasteiger partial charge in [-0.1, -0.05) is 31.9 Å². The van der Waals surface area contributed by atoms with Crippen LogP contribution in [0.4, 0.5) is 0 Å². The van der Waals surface area contributed by atoms with Gasteiger partial charge in [0.15, 0.2) is 0 Å². The maximum atomic E-state index is 7.05. The van der Waals surface area contributed by atoms with E-state index in [1.54, 1.807) is 5.57 Å². The lowest BCUT2D eigenvalue weighted by atomic mass is 9.52. The lowest BCUT2D eigenvalue weighted by Crippen LogP contribution is -2.48. The first-order valence-corrected chi connectivity index (χ1v) is 14.0. The number of fused-ring (bicyclic) bond motifs is 6. The molecular weight excluding hydrogens is 394 g/mol. The first-order chi connectivity index (χ1) is 15.3. The molecule has 2 unspecified atom stereocenters. The molecule has 1 N–H and O–H groups in total. The van der Waals surface area contributed by atoms with Gasteiger partial charge in [0.2, 0.25) is 0 Å². The minimum Gasteiger partial charge on any atom is -0.381 e. The lowest BCUT2D eigenvalue weighted by molar-refractivity contribution is -0.0841. The molecule has 0 bridgehead atoms. The summed E-state index contributed by atoms with van der Waals surface area (Å²) in [6, 6.07) is 0.569. The van der Waals surface area contributed by atoms with E-state index < -0.39 is 0 Å². The Morgan fingerprint density at radius 3 is 2.72 bits per heavy atom. The highest BCUT2D eigenvalue weighted by molar-refractivity contribution is 5.29. The van der Waals surface area contributed by atoms with Gasteiger partial charge >= 0.3 is 0 Å². The molecule has 3 saturated carbocycles. The quantitative estimate of drug-likeness (QED) is 0.497.